The quantitative estimate of drug-likeness (QED) is 0.831. The van der Waals surface area contributed by atoms with Gasteiger partial charge >= 0.3 is 6.09 Å². The predicted octanol–water partition coefficient (Wildman–Crippen LogP) is 3.62. The van der Waals surface area contributed by atoms with Crippen LogP contribution in [0.3, 0.4) is 0 Å². The molecule has 2 atom stereocenters. The zero-order chi connectivity index (χ0) is 16.8. The summed E-state index contributed by atoms with van der Waals surface area (Å²) in [7, 11) is 1.87. The van der Waals surface area contributed by atoms with E-state index in [2.05, 4.69) is 49.9 Å². The number of piperidine rings is 1. The average Bonchev–Trinajstić information content (AvgIpc) is 2.52. The summed E-state index contributed by atoms with van der Waals surface area (Å²) < 4.78 is 5.38. The van der Waals surface area contributed by atoms with Gasteiger partial charge in [-0.25, -0.2) is 4.79 Å². The molecular weight excluding hydrogens is 288 g/mol. The molecule has 1 fully saturated rings. The van der Waals surface area contributed by atoms with Gasteiger partial charge in [-0.1, -0.05) is 51.1 Å². The molecule has 0 radical (unpaired) electrons. The third-order valence-electron chi connectivity index (χ3n) is 4.34. The highest BCUT2D eigenvalue weighted by Crippen LogP contribution is 2.22. The molecule has 1 aliphatic heterocycles. The Bertz CT molecular complexity index is 489. The molecule has 128 valence electrons. The van der Waals surface area contributed by atoms with Crippen molar-refractivity contribution in [3.05, 3.63) is 35.9 Å². The number of nitrogens with zero attached hydrogens (tertiary/aromatic N) is 2. The standard InChI is InChI=1S/C19H30N2O2/c1-15(2)14-23-19(22)20(4)18-10-16(3)11-21(13-18)12-17-8-6-5-7-9-17/h5-9,15-16,18H,10-14H2,1-4H3/t16-,18-/m1/s1. The number of benzene rings is 1. The highest BCUT2D eigenvalue weighted by Gasteiger charge is 2.30. The van der Waals surface area contributed by atoms with Gasteiger partial charge < -0.3 is 9.64 Å². The van der Waals surface area contributed by atoms with Gasteiger partial charge in [-0.2, -0.15) is 0 Å². The van der Waals surface area contributed by atoms with Crippen LogP contribution in [0.5, 0.6) is 0 Å². The molecule has 0 spiro atoms. The van der Waals surface area contributed by atoms with Crippen LogP contribution in [0, 0.1) is 11.8 Å². The highest BCUT2D eigenvalue weighted by atomic mass is 16.6. The number of likely N-dealkylation sites (N-methyl/N-ethyl adjacent to an activating group) is 1. The molecule has 0 bridgehead atoms. The number of carbonyl (C=O) groups is 1. The van der Waals surface area contributed by atoms with E-state index >= 15 is 0 Å². The monoisotopic (exact) mass is 318 g/mol. The molecule has 1 aliphatic rings. The number of amides is 1. The summed E-state index contributed by atoms with van der Waals surface area (Å²) in [5.74, 6) is 0.949. The molecule has 0 unspecified atom stereocenters. The Hall–Kier alpha value is -1.55. The first-order valence-corrected chi connectivity index (χ1v) is 8.61. The molecule has 4 heteroatoms. The average molecular weight is 318 g/mol. The third-order valence-corrected chi connectivity index (χ3v) is 4.34. The molecule has 0 N–H and O–H groups in total. The smallest absolute Gasteiger partial charge is 0.409 e. The second-order valence-corrected chi connectivity index (χ2v) is 7.26. The molecule has 4 nitrogen and oxygen atoms in total. The largest absolute Gasteiger partial charge is 0.449 e. The second kappa shape index (κ2) is 8.34. The van der Waals surface area contributed by atoms with Gasteiger partial charge in [0.25, 0.3) is 0 Å². The van der Waals surface area contributed by atoms with Crippen molar-refractivity contribution in [3.63, 3.8) is 0 Å². The number of rotatable bonds is 5. The van der Waals surface area contributed by atoms with Gasteiger partial charge in [0.1, 0.15) is 0 Å². The number of ether oxygens (including phenoxy) is 1. The van der Waals surface area contributed by atoms with Crippen molar-refractivity contribution in [2.45, 2.75) is 39.8 Å². The lowest BCUT2D eigenvalue weighted by Gasteiger charge is -2.40. The lowest BCUT2D eigenvalue weighted by Crippen LogP contribution is -2.50. The first kappa shape index (κ1) is 17.8. The molecule has 1 amide bonds. The van der Waals surface area contributed by atoms with Crippen molar-refractivity contribution in [1.82, 2.24) is 9.80 Å². The second-order valence-electron chi connectivity index (χ2n) is 7.26. The predicted molar refractivity (Wildman–Crippen MR) is 93.2 cm³/mol. The maximum Gasteiger partial charge on any atom is 0.409 e. The first-order chi connectivity index (χ1) is 11.0. The number of likely N-dealkylation sites (tertiary alicyclic amines) is 1. The zero-order valence-corrected chi connectivity index (χ0v) is 14.9. The molecule has 2 rings (SSSR count). The van der Waals surface area contributed by atoms with Gasteiger partial charge in [-0.05, 0) is 23.8 Å². The van der Waals surface area contributed by atoms with Crippen molar-refractivity contribution in [2.75, 3.05) is 26.7 Å². The van der Waals surface area contributed by atoms with E-state index in [4.69, 9.17) is 4.74 Å². The Morgan fingerprint density at radius 1 is 1.30 bits per heavy atom. The maximum atomic E-state index is 12.2. The molecule has 0 saturated carbocycles. The molecule has 23 heavy (non-hydrogen) atoms. The van der Waals surface area contributed by atoms with E-state index in [0.717, 1.165) is 26.1 Å². The van der Waals surface area contributed by atoms with E-state index in [1.807, 2.05) is 13.1 Å². The summed E-state index contributed by atoms with van der Waals surface area (Å²) in [6.07, 6.45) is 0.843. The van der Waals surface area contributed by atoms with Crippen LogP contribution in [0.25, 0.3) is 0 Å². The zero-order valence-electron chi connectivity index (χ0n) is 14.9. The van der Waals surface area contributed by atoms with E-state index in [9.17, 15) is 4.79 Å². The van der Waals surface area contributed by atoms with Gasteiger partial charge in [-0.3, -0.25) is 4.90 Å². The fourth-order valence-electron chi connectivity index (χ4n) is 3.17. The minimum absolute atomic E-state index is 0.197. The van der Waals surface area contributed by atoms with Crippen LogP contribution in [0.4, 0.5) is 4.79 Å². The normalized spacial score (nSPS) is 22.1. The van der Waals surface area contributed by atoms with Crippen LogP contribution in [0.1, 0.15) is 32.8 Å². The van der Waals surface area contributed by atoms with Crippen molar-refractivity contribution in [3.8, 4) is 0 Å². The Kier molecular flexibility index (Phi) is 6.46. The van der Waals surface area contributed by atoms with Crippen LogP contribution in [0.2, 0.25) is 0 Å². The summed E-state index contributed by atoms with van der Waals surface area (Å²) in [6.45, 7) is 9.79. The van der Waals surface area contributed by atoms with Crippen molar-refractivity contribution < 1.29 is 9.53 Å². The minimum atomic E-state index is -0.197. The molecule has 1 heterocycles. The van der Waals surface area contributed by atoms with Gasteiger partial charge in [-0.15, -0.1) is 0 Å². The number of hydrogen-bond acceptors (Lipinski definition) is 3. The minimum Gasteiger partial charge on any atom is -0.449 e. The molecule has 1 saturated heterocycles. The van der Waals surface area contributed by atoms with E-state index < -0.39 is 0 Å². The molecule has 1 aromatic rings. The van der Waals surface area contributed by atoms with Crippen molar-refractivity contribution >= 4 is 6.09 Å². The van der Waals surface area contributed by atoms with Crippen LogP contribution in [0.15, 0.2) is 30.3 Å². The van der Waals surface area contributed by atoms with Crippen LogP contribution in [-0.2, 0) is 11.3 Å². The van der Waals surface area contributed by atoms with E-state index in [1.165, 1.54) is 5.56 Å². The van der Waals surface area contributed by atoms with Gasteiger partial charge in [0.2, 0.25) is 0 Å². The fraction of sp³-hybridized carbons (Fsp3) is 0.632. The number of carbonyl (C=O) groups excluding carboxylic acids is 1. The fourth-order valence-corrected chi connectivity index (χ4v) is 3.17. The molecule has 1 aromatic carbocycles. The van der Waals surface area contributed by atoms with E-state index in [1.54, 1.807) is 4.90 Å². The SMILES string of the molecule is CC(C)COC(=O)N(C)[C@@H]1C[C@@H](C)CN(Cc2ccccc2)C1. The Balaban J connectivity index is 1.92. The van der Waals surface area contributed by atoms with Crippen LogP contribution >= 0.6 is 0 Å². The van der Waals surface area contributed by atoms with Gasteiger partial charge in [0.15, 0.2) is 0 Å². The lowest BCUT2D eigenvalue weighted by molar-refractivity contribution is 0.0522. The van der Waals surface area contributed by atoms with Crippen LogP contribution < -0.4 is 0 Å². The topological polar surface area (TPSA) is 32.8 Å². The molecular formula is C19H30N2O2. The summed E-state index contributed by atoms with van der Waals surface area (Å²) in [5, 5.41) is 0. The summed E-state index contributed by atoms with van der Waals surface area (Å²) >= 11 is 0. The van der Waals surface area contributed by atoms with E-state index in [-0.39, 0.29) is 12.1 Å². The maximum absolute atomic E-state index is 12.2. The summed E-state index contributed by atoms with van der Waals surface area (Å²) in [5.41, 5.74) is 1.32. The van der Waals surface area contributed by atoms with Gasteiger partial charge in [0, 0.05) is 32.7 Å². The Labute approximate surface area is 140 Å². The third kappa shape index (κ3) is 5.54. The number of hydrogen-bond donors (Lipinski definition) is 0. The Morgan fingerprint density at radius 3 is 2.65 bits per heavy atom. The Morgan fingerprint density at radius 2 is 2.00 bits per heavy atom. The first-order valence-electron chi connectivity index (χ1n) is 8.61. The van der Waals surface area contributed by atoms with Crippen LogP contribution in [-0.4, -0.2) is 48.7 Å². The van der Waals surface area contributed by atoms with E-state index in [0.29, 0.717) is 18.4 Å². The molecule has 0 aromatic heterocycles. The molecule has 0 aliphatic carbocycles. The van der Waals surface area contributed by atoms with Gasteiger partial charge in [0.05, 0.1) is 6.61 Å². The lowest BCUT2D eigenvalue weighted by atomic mass is 9.95. The van der Waals surface area contributed by atoms with Crippen molar-refractivity contribution in [1.29, 1.82) is 0 Å². The highest BCUT2D eigenvalue weighted by molar-refractivity contribution is 5.67. The van der Waals surface area contributed by atoms with Crippen molar-refractivity contribution in [2.24, 2.45) is 11.8 Å². The summed E-state index contributed by atoms with van der Waals surface area (Å²) in [4.78, 5) is 16.4. The summed E-state index contributed by atoms with van der Waals surface area (Å²) in [6, 6.07) is 10.8.